The summed E-state index contributed by atoms with van der Waals surface area (Å²) in [4.78, 5) is 0. The van der Waals surface area contributed by atoms with Crippen LogP contribution in [0.2, 0.25) is 0 Å². The van der Waals surface area contributed by atoms with Crippen LogP contribution >= 0.6 is 0 Å². The van der Waals surface area contributed by atoms with Crippen molar-refractivity contribution in [2.24, 2.45) is 0 Å². The number of rotatable bonds is 4. The number of hydrogen-bond donors (Lipinski definition) is 1. The molecule has 0 aromatic heterocycles. The van der Waals surface area contributed by atoms with Crippen molar-refractivity contribution in [2.75, 3.05) is 26.6 Å². The van der Waals surface area contributed by atoms with Gasteiger partial charge in [-0.25, -0.2) is 0 Å². The number of fused-ring (bicyclic) bond motifs is 1. The Morgan fingerprint density at radius 3 is 2.58 bits per heavy atom. The van der Waals surface area contributed by atoms with Crippen LogP contribution in [0, 0.1) is 6.92 Å². The molecule has 0 amide bonds. The van der Waals surface area contributed by atoms with Gasteiger partial charge in [-0.1, -0.05) is 0 Å². The van der Waals surface area contributed by atoms with Gasteiger partial charge in [-0.2, -0.15) is 0 Å². The monoisotopic (exact) mass is 261 g/mol. The van der Waals surface area contributed by atoms with E-state index < -0.39 is 0 Å². The smallest absolute Gasteiger partial charge is 0.231 e. The van der Waals surface area contributed by atoms with Crippen LogP contribution in [-0.4, -0.2) is 32.6 Å². The Hall–Kier alpha value is -1.26. The van der Waals surface area contributed by atoms with Crippen LogP contribution in [0.15, 0.2) is 12.1 Å². The summed E-state index contributed by atoms with van der Waals surface area (Å²) < 4.78 is 16.5. The van der Waals surface area contributed by atoms with Gasteiger partial charge in [-0.05, 0) is 43.0 Å². The lowest BCUT2D eigenvalue weighted by Crippen LogP contribution is -2.54. The predicted octanol–water partition coefficient (Wildman–Crippen LogP) is 1.74. The van der Waals surface area contributed by atoms with Crippen LogP contribution in [0.5, 0.6) is 11.5 Å². The summed E-state index contributed by atoms with van der Waals surface area (Å²) in [5.74, 6) is 1.74. The molecule has 19 heavy (non-hydrogen) atoms. The van der Waals surface area contributed by atoms with Crippen LogP contribution in [0.25, 0.3) is 0 Å². The van der Waals surface area contributed by atoms with Crippen LogP contribution in [0.3, 0.4) is 0 Å². The van der Waals surface area contributed by atoms with E-state index in [4.69, 9.17) is 14.2 Å². The standard InChI is InChI=1S/C15H19NO3/c1-10-4-13-14(19-9-18-13)5-12(10)15(7-17-8-15)6-16-11-2-3-11/h4-5,11,16H,2-3,6-9H2,1H3. The van der Waals surface area contributed by atoms with Gasteiger partial charge >= 0.3 is 0 Å². The van der Waals surface area contributed by atoms with E-state index in [0.717, 1.165) is 37.3 Å². The summed E-state index contributed by atoms with van der Waals surface area (Å²) >= 11 is 0. The molecule has 1 aliphatic carbocycles. The molecule has 0 radical (unpaired) electrons. The van der Waals surface area contributed by atoms with E-state index in [1.54, 1.807) is 0 Å². The molecule has 0 atom stereocenters. The molecule has 4 rings (SSSR count). The molecule has 2 fully saturated rings. The van der Waals surface area contributed by atoms with Gasteiger partial charge in [0.05, 0.1) is 18.6 Å². The minimum Gasteiger partial charge on any atom is -0.454 e. The third-order valence-corrected chi connectivity index (χ3v) is 4.35. The molecule has 1 saturated heterocycles. The van der Waals surface area contributed by atoms with Gasteiger partial charge in [0.15, 0.2) is 11.5 Å². The van der Waals surface area contributed by atoms with Crippen molar-refractivity contribution in [3.05, 3.63) is 23.3 Å². The van der Waals surface area contributed by atoms with Crippen LogP contribution in [0.1, 0.15) is 24.0 Å². The lowest BCUT2D eigenvalue weighted by atomic mass is 9.76. The SMILES string of the molecule is Cc1cc2c(cc1C1(CNC3CC3)COC1)OCO2. The van der Waals surface area contributed by atoms with Crippen LogP contribution in [-0.2, 0) is 10.2 Å². The first-order chi connectivity index (χ1) is 9.27. The van der Waals surface area contributed by atoms with Crippen molar-refractivity contribution < 1.29 is 14.2 Å². The molecule has 4 heteroatoms. The zero-order valence-electron chi connectivity index (χ0n) is 11.2. The Balaban J connectivity index is 1.65. The fourth-order valence-electron chi connectivity index (χ4n) is 2.94. The number of hydrogen-bond acceptors (Lipinski definition) is 4. The number of aryl methyl sites for hydroxylation is 1. The molecule has 0 spiro atoms. The summed E-state index contributed by atoms with van der Waals surface area (Å²) in [6, 6.07) is 4.97. The van der Waals surface area contributed by atoms with Gasteiger partial charge in [0.1, 0.15) is 0 Å². The number of ether oxygens (including phenoxy) is 3. The minimum atomic E-state index is 0.119. The maximum Gasteiger partial charge on any atom is 0.231 e. The van der Waals surface area contributed by atoms with E-state index in [1.807, 2.05) is 0 Å². The molecule has 102 valence electrons. The van der Waals surface area contributed by atoms with E-state index in [-0.39, 0.29) is 5.41 Å². The summed E-state index contributed by atoms with van der Waals surface area (Å²) in [6.45, 7) is 5.08. The van der Waals surface area contributed by atoms with Gasteiger partial charge in [0, 0.05) is 12.6 Å². The maximum atomic E-state index is 5.51. The number of benzene rings is 1. The average Bonchev–Trinajstić information content (AvgIpc) is 3.06. The topological polar surface area (TPSA) is 39.7 Å². The number of nitrogens with one attached hydrogen (secondary N) is 1. The molecule has 2 aliphatic heterocycles. The van der Waals surface area contributed by atoms with E-state index in [0.29, 0.717) is 6.79 Å². The minimum absolute atomic E-state index is 0.119. The Morgan fingerprint density at radius 1 is 1.21 bits per heavy atom. The largest absolute Gasteiger partial charge is 0.454 e. The first-order valence-corrected chi connectivity index (χ1v) is 6.99. The van der Waals surface area contributed by atoms with Crippen molar-refractivity contribution in [1.82, 2.24) is 5.32 Å². The van der Waals surface area contributed by atoms with Crippen molar-refractivity contribution in [3.63, 3.8) is 0 Å². The fourth-order valence-corrected chi connectivity index (χ4v) is 2.94. The Bertz CT molecular complexity index is 506. The molecule has 1 aromatic carbocycles. The highest BCUT2D eigenvalue weighted by atomic mass is 16.7. The highest BCUT2D eigenvalue weighted by molar-refractivity contribution is 5.51. The first kappa shape index (κ1) is 11.6. The molecule has 3 aliphatic rings. The van der Waals surface area contributed by atoms with Gasteiger partial charge in [0.25, 0.3) is 0 Å². The fraction of sp³-hybridized carbons (Fsp3) is 0.600. The molecule has 1 saturated carbocycles. The highest BCUT2D eigenvalue weighted by Gasteiger charge is 2.43. The second kappa shape index (κ2) is 4.12. The maximum absolute atomic E-state index is 5.51. The lowest BCUT2D eigenvalue weighted by molar-refractivity contribution is -0.0595. The van der Waals surface area contributed by atoms with E-state index in [9.17, 15) is 0 Å². The van der Waals surface area contributed by atoms with Crippen LogP contribution in [0.4, 0.5) is 0 Å². The molecule has 0 bridgehead atoms. The third-order valence-electron chi connectivity index (χ3n) is 4.35. The molecule has 2 heterocycles. The zero-order valence-corrected chi connectivity index (χ0v) is 11.2. The summed E-state index contributed by atoms with van der Waals surface area (Å²) in [5, 5.41) is 3.64. The van der Waals surface area contributed by atoms with Crippen LogP contribution < -0.4 is 14.8 Å². The molecular weight excluding hydrogens is 242 g/mol. The summed E-state index contributed by atoms with van der Waals surface area (Å²) in [5.41, 5.74) is 2.73. The van der Waals surface area contributed by atoms with Gasteiger partial charge in [0.2, 0.25) is 6.79 Å². The van der Waals surface area contributed by atoms with Crippen molar-refractivity contribution in [1.29, 1.82) is 0 Å². The van der Waals surface area contributed by atoms with Gasteiger partial charge in [-0.15, -0.1) is 0 Å². The highest BCUT2D eigenvalue weighted by Crippen LogP contribution is 2.42. The first-order valence-electron chi connectivity index (χ1n) is 6.99. The third kappa shape index (κ3) is 1.90. The molecule has 4 nitrogen and oxygen atoms in total. The zero-order chi connectivity index (χ0) is 12.9. The predicted molar refractivity (Wildman–Crippen MR) is 70.8 cm³/mol. The van der Waals surface area contributed by atoms with Crippen molar-refractivity contribution >= 4 is 0 Å². The molecule has 0 unspecified atom stereocenters. The summed E-state index contributed by atoms with van der Waals surface area (Å²) in [6.07, 6.45) is 2.63. The normalized spacial score (nSPS) is 23.2. The van der Waals surface area contributed by atoms with E-state index in [2.05, 4.69) is 24.4 Å². The molecule has 1 aromatic rings. The second-order valence-electron chi connectivity index (χ2n) is 5.95. The van der Waals surface area contributed by atoms with Gasteiger partial charge in [-0.3, -0.25) is 0 Å². The lowest BCUT2D eigenvalue weighted by Gasteiger charge is -2.43. The average molecular weight is 261 g/mol. The molecular formula is C15H19NO3. The van der Waals surface area contributed by atoms with Gasteiger partial charge < -0.3 is 19.5 Å². The Labute approximate surface area is 113 Å². The van der Waals surface area contributed by atoms with Crippen molar-refractivity contribution in [3.8, 4) is 11.5 Å². The van der Waals surface area contributed by atoms with Crippen molar-refractivity contribution in [2.45, 2.75) is 31.2 Å². The quantitative estimate of drug-likeness (QED) is 0.896. The Morgan fingerprint density at radius 2 is 1.95 bits per heavy atom. The summed E-state index contributed by atoms with van der Waals surface area (Å²) in [7, 11) is 0. The second-order valence-corrected chi connectivity index (χ2v) is 5.95. The molecule has 1 N–H and O–H groups in total. The van der Waals surface area contributed by atoms with E-state index in [1.165, 1.54) is 24.0 Å². The van der Waals surface area contributed by atoms with E-state index >= 15 is 0 Å². The Kier molecular flexibility index (Phi) is 2.50.